The molecule has 16 nitrogen and oxygen atoms in total. The highest BCUT2D eigenvalue weighted by atomic mass is 32.2. The van der Waals surface area contributed by atoms with E-state index in [-0.39, 0.29) is 22.7 Å². The number of azo groups is 3. The lowest BCUT2D eigenvalue weighted by Crippen LogP contribution is -2.02. The van der Waals surface area contributed by atoms with E-state index in [0.29, 0.717) is 39.1 Å². The molecule has 6 aromatic rings. The molecule has 0 aliphatic carbocycles. The third-order valence-electron chi connectivity index (χ3n) is 7.60. The van der Waals surface area contributed by atoms with Gasteiger partial charge in [-0.1, -0.05) is 48.6 Å². The maximum Gasteiger partial charge on any atom is 0.296 e. The maximum absolute atomic E-state index is 12.3. The fourth-order valence-electron chi connectivity index (χ4n) is 4.99. The van der Waals surface area contributed by atoms with Crippen LogP contribution in [0.4, 0.5) is 39.8 Å². The van der Waals surface area contributed by atoms with Gasteiger partial charge in [0.15, 0.2) is 0 Å². The highest BCUT2D eigenvalue weighted by Crippen LogP contribution is 2.37. The van der Waals surface area contributed by atoms with Gasteiger partial charge in [-0.3, -0.25) is 19.2 Å². The molecule has 0 bridgehead atoms. The summed E-state index contributed by atoms with van der Waals surface area (Å²) in [6, 6.07) is 30.0. The molecule has 18 heteroatoms. The normalized spacial score (nSPS) is 12.5. The quantitative estimate of drug-likeness (QED) is 0.0373. The Labute approximate surface area is 306 Å². The lowest BCUT2D eigenvalue weighted by Gasteiger charge is -2.05. The Morgan fingerprint density at radius 1 is 0.537 bits per heavy atom. The number of aromatic hydroxyl groups is 1. The maximum atomic E-state index is 12.3. The minimum Gasteiger partial charge on any atom is -0.508 e. The van der Waals surface area contributed by atoms with Gasteiger partial charge in [-0.25, -0.2) is 0 Å². The molecule has 0 fully saturated rings. The van der Waals surface area contributed by atoms with Crippen molar-refractivity contribution in [1.82, 2.24) is 0 Å². The molecule has 3 N–H and O–H groups in total. The Hall–Kier alpha value is -6.86. The van der Waals surface area contributed by atoms with Crippen LogP contribution in [0.25, 0.3) is 22.9 Å². The van der Waals surface area contributed by atoms with E-state index in [2.05, 4.69) is 30.7 Å². The second-order valence-electron chi connectivity index (χ2n) is 11.3. The van der Waals surface area contributed by atoms with Crippen LogP contribution in [0.3, 0.4) is 0 Å². The number of non-ortho nitro benzene ring substituents is 1. The summed E-state index contributed by atoms with van der Waals surface area (Å²) < 4.78 is 67.8. The summed E-state index contributed by atoms with van der Waals surface area (Å²) >= 11 is 0. The van der Waals surface area contributed by atoms with Gasteiger partial charge >= 0.3 is 0 Å². The van der Waals surface area contributed by atoms with Crippen LogP contribution in [0, 0.1) is 10.1 Å². The zero-order valence-corrected chi connectivity index (χ0v) is 29.1. The third kappa shape index (κ3) is 8.95. The first-order chi connectivity index (χ1) is 25.7. The molecular weight excluding hydrogens is 739 g/mol. The molecule has 54 heavy (non-hydrogen) atoms. The van der Waals surface area contributed by atoms with Crippen molar-refractivity contribution in [3.8, 4) is 5.75 Å². The summed E-state index contributed by atoms with van der Waals surface area (Å²) in [5.74, 6) is 0.104. The van der Waals surface area contributed by atoms with E-state index in [9.17, 15) is 41.2 Å². The monoisotopic (exact) mass is 763 g/mol. The van der Waals surface area contributed by atoms with E-state index >= 15 is 0 Å². The van der Waals surface area contributed by atoms with Gasteiger partial charge in [0.25, 0.3) is 25.9 Å². The van der Waals surface area contributed by atoms with Gasteiger partial charge in [0, 0.05) is 22.9 Å². The number of nitro benzene ring substituents is 1. The van der Waals surface area contributed by atoms with E-state index in [0.717, 1.165) is 18.2 Å². The lowest BCUT2D eigenvalue weighted by molar-refractivity contribution is -0.385. The summed E-state index contributed by atoms with van der Waals surface area (Å²) in [5.41, 5.74) is 1.86. The van der Waals surface area contributed by atoms with E-state index in [1.54, 1.807) is 60.7 Å². The molecule has 0 saturated carbocycles. The van der Waals surface area contributed by atoms with Gasteiger partial charge < -0.3 is 5.11 Å². The number of fused-ring (bicyclic) bond motifs is 1. The van der Waals surface area contributed by atoms with Crippen LogP contribution in [-0.4, -0.2) is 36.0 Å². The van der Waals surface area contributed by atoms with Crippen molar-refractivity contribution in [3.63, 3.8) is 0 Å². The highest BCUT2D eigenvalue weighted by molar-refractivity contribution is 7.86. The number of hydrogen-bond donors (Lipinski definition) is 3. The molecule has 0 amide bonds. The summed E-state index contributed by atoms with van der Waals surface area (Å²) in [5, 5.41) is 47.0. The molecule has 0 atom stereocenters. The van der Waals surface area contributed by atoms with Crippen LogP contribution in [0.2, 0.25) is 0 Å². The first kappa shape index (κ1) is 36.9. The van der Waals surface area contributed by atoms with Gasteiger partial charge in [0.05, 0.1) is 33.4 Å². The average Bonchev–Trinajstić information content (AvgIpc) is 3.15. The summed E-state index contributed by atoms with van der Waals surface area (Å²) in [4.78, 5) is 9.08. The van der Waals surface area contributed by atoms with Crippen LogP contribution in [0.1, 0.15) is 11.1 Å². The fraction of sp³-hybridized carbons (Fsp3) is 0. The Balaban J connectivity index is 1.21. The zero-order valence-electron chi connectivity index (χ0n) is 27.4. The fourth-order valence-corrected chi connectivity index (χ4v) is 6.33. The number of benzene rings is 6. The van der Waals surface area contributed by atoms with E-state index in [1.807, 2.05) is 12.1 Å². The number of phenolic OH excluding ortho intramolecular Hbond substituents is 1. The van der Waals surface area contributed by atoms with Gasteiger partial charge in [-0.05, 0) is 83.9 Å². The second-order valence-corrected chi connectivity index (χ2v) is 14.1. The third-order valence-corrected chi connectivity index (χ3v) is 9.40. The Bertz CT molecular complexity index is 2750. The molecule has 0 radical (unpaired) electrons. The summed E-state index contributed by atoms with van der Waals surface area (Å²) in [7, 11) is -9.52. The first-order valence-electron chi connectivity index (χ1n) is 15.5. The number of hydrogen-bond acceptors (Lipinski definition) is 13. The lowest BCUT2D eigenvalue weighted by atomic mass is 10.1. The molecule has 0 aromatic heterocycles. The smallest absolute Gasteiger partial charge is 0.296 e. The van der Waals surface area contributed by atoms with Gasteiger partial charge in [0.1, 0.15) is 21.2 Å². The molecular formula is C36H25N7O9S2. The highest BCUT2D eigenvalue weighted by Gasteiger charge is 2.19. The van der Waals surface area contributed by atoms with Crippen molar-refractivity contribution in [2.45, 2.75) is 9.79 Å². The Morgan fingerprint density at radius 3 is 1.63 bits per heavy atom. The summed E-state index contributed by atoms with van der Waals surface area (Å²) in [6.45, 7) is 0. The van der Waals surface area contributed by atoms with E-state index in [4.69, 9.17) is 0 Å². The van der Waals surface area contributed by atoms with Crippen molar-refractivity contribution >= 4 is 83.0 Å². The zero-order chi connectivity index (χ0) is 38.5. The average molecular weight is 764 g/mol. The van der Waals surface area contributed by atoms with Crippen molar-refractivity contribution in [2.24, 2.45) is 30.7 Å². The van der Waals surface area contributed by atoms with Crippen molar-refractivity contribution < 1.29 is 36.0 Å². The van der Waals surface area contributed by atoms with Crippen molar-refractivity contribution in [1.29, 1.82) is 0 Å². The molecule has 6 rings (SSSR count). The minimum atomic E-state index is -4.78. The van der Waals surface area contributed by atoms with Crippen molar-refractivity contribution in [3.05, 3.63) is 143 Å². The number of rotatable bonds is 11. The molecule has 0 saturated heterocycles. The molecule has 6 aromatic carbocycles. The molecule has 0 aliphatic rings. The molecule has 0 unspecified atom stereocenters. The summed E-state index contributed by atoms with van der Waals surface area (Å²) in [6.07, 6.45) is 2.88. The van der Waals surface area contributed by atoms with Crippen LogP contribution in [0.15, 0.2) is 162 Å². The minimum absolute atomic E-state index is 0.0289. The Kier molecular flexibility index (Phi) is 10.5. The predicted molar refractivity (Wildman–Crippen MR) is 199 cm³/mol. The SMILES string of the molecule is O=[N+]([O-])c1ccc(C=Cc2ccc(N=Nc3ccc(N=Nc4ccc(N=Nc5ccc(O)cc5)c5ccccc45)c(S(=O)(=O)O)c3)cc2)c(S(=O)(=O)O)c1. The topological polar surface area (TPSA) is 246 Å². The number of nitrogens with zero attached hydrogens (tertiary/aromatic N) is 7. The van der Waals surface area contributed by atoms with Crippen LogP contribution >= 0.6 is 0 Å². The van der Waals surface area contributed by atoms with Gasteiger partial charge in [-0.2, -0.15) is 32.2 Å². The van der Waals surface area contributed by atoms with E-state index < -0.39 is 40.6 Å². The van der Waals surface area contributed by atoms with Gasteiger partial charge in [-0.15, -0.1) is 15.3 Å². The molecule has 270 valence electrons. The molecule has 0 spiro atoms. The molecule has 0 aliphatic heterocycles. The number of nitro groups is 1. The standard InChI is InChI=1S/C36H25N7O9S2/c44-29-16-12-26(13-17-29)38-40-32-19-20-33(31-4-2-1-3-30(31)32)41-42-34-18-14-27(21-36(34)54(50,51)52)39-37-25-10-6-23(7-11-25)5-8-24-9-15-28(43(45)46)22-35(24)53(47,48)49/h1-22,44H,(H,47,48,49)(H,50,51,52). The van der Waals surface area contributed by atoms with Crippen LogP contribution in [0.5, 0.6) is 5.75 Å². The van der Waals surface area contributed by atoms with Crippen molar-refractivity contribution in [2.75, 3.05) is 0 Å². The van der Waals surface area contributed by atoms with E-state index in [1.165, 1.54) is 42.5 Å². The predicted octanol–water partition coefficient (Wildman–Crippen LogP) is 10.4. The van der Waals surface area contributed by atoms with Crippen LogP contribution in [-0.2, 0) is 20.2 Å². The largest absolute Gasteiger partial charge is 0.508 e. The number of phenols is 1. The second kappa shape index (κ2) is 15.4. The van der Waals surface area contributed by atoms with Gasteiger partial charge in [0.2, 0.25) is 0 Å². The Morgan fingerprint density at radius 2 is 1.04 bits per heavy atom. The van der Waals surface area contributed by atoms with Crippen LogP contribution < -0.4 is 0 Å². The molecule has 0 heterocycles. The first-order valence-corrected chi connectivity index (χ1v) is 18.3.